The van der Waals surface area contributed by atoms with Gasteiger partial charge in [0.25, 0.3) is 0 Å². The Morgan fingerprint density at radius 1 is 1.38 bits per heavy atom. The molecule has 0 amide bonds. The van der Waals surface area contributed by atoms with E-state index in [2.05, 4.69) is 0 Å². The van der Waals surface area contributed by atoms with Crippen LogP contribution in [-0.2, 0) is 4.74 Å². The Balaban J connectivity index is 2.56. The Morgan fingerprint density at radius 2 is 2.00 bits per heavy atom. The highest BCUT2D eigenvalue weighted by Crippen LogP contribution is 2.18. The van der Waals surface area contributed by atoms with E-state index in [9.17, 15) is 5.11 Å². The Bertz CT molecular complexity index is 292. The first-order valence-electron chi connectivity index (χ1n) is 5.40. The molecule has 0 saturated carbocycles. The molecule has 0 aliphatic rings. The van der Waals surface area contributed by atoms with Crippen molar-refractivity contribution in [1.29, 1.82) is 0 Å². The summed E-state index contributed by atoms with van der Waals surface area (Å²) in [6, 6.07) is 9.38. The lowest BCUT2D eigenvalue weighted by Crippen LogP contribution is -2.44. The number of methoxy groups -OCH3 is 1. The zero-order chi connectivity index (χ0) is 12.0. The maximum absolute atomic E-state index is 10.1. The fourth-order valence-corrected chi connectivity index (χ4v) is 1.51. The second-order valence-electron chi connectivity index (χ2n) is 3.83. The van der Waals surface area contributed by atoms with Crippen LogP contribution in [0.5, 0.6) is 0 Å². The third-order valence-corrected chi connectivity index (χ3v) is 2.67. The molecule has 2 atom stereocenters. The summed E-state index contributed by atoms with van der Waals surface area (Å²) in [5.74, 6) is 5.83. The molecule has 0 fully saturated rings. The van der Waals surface area contributed by atoms with E-state index in [1.165, 1.54) is 0 Å². The molecule has 0 bridgehead atoms. The molecular formula is C12H20N2O2. The molecule has 1 aromatic rings. The minimum atomic E-state index is -0.581. The van der Waals surface area contributed by atoms with Crippen LogP contribution in [0, 0.1) is 0 Å². The molecule has 4 nitrogen and oxygen atoms in total. The number of benzene rings is 1. The van der Waals surface area contributed by atoms with Crippen LogP contribution < -0.4 is 5.84 Å². The van der Waals surface area contributed by atoms with E-state index >= 15 is 0 Å². The molecule has 0 aliphatic heterocycles. The van der Waals surface area contributed by atoms with E-state index in [-0.39, 0.29) is 6.04 Å². The number of nitrogens with two attached hydrogens (primary N) is 1. The first-order chi connectivity index (χ1) is 7.66. The molecule has 90 valence electrons. The van der Waals surface area contributed by atoms with Gasteiger partial charge in [0.1, 0.15) is 0 Å². The molecule has 0 aromatic heterocycles. The molecule has 0 unspecified atom stereocenters. The molecule has 1 rings (SSSR count). The summed E-state index contributed by atoms with van der Waals surface area (Å²) in [5.41, 5.74) is 0.878. The van der Waals surface area contributed by atoms with E-state index in [1.807, 2.05) is 37.3 Å². The standard InChI is InChI=1S/C12H20N2O2/c1-10(14(13)8-9-16-2)12(15)11-6-4-3-5-7-11/h3-7,10,12,15H,8-9,13H2,1-2H3/t10-,12-/m0/s1. The van der Waals surface area contributed by atoms with E-state index in [1.54, 1.807) is 12.1 Å². The van der Waals surface area contributed by atoms with Crippen molar-refractivity contribution in [1.82, 2.24) is 5.01 Å². The van der Waals surface area contributed by atoms with Gasteiger partial charge in [0.2, 0.25) is 0 Å². The summed E-state index contributed by atoms with van der Waals surface area (Å²) >= 11 is 0. The number of nitrogens with zero attached hydrogens (tertiary/aromatic N) is 1. The van der Waals surface area contributed by atoms with Gasteiger partial charge in [0.05, 0.1) is 18.8 Å². The van der Waals surface area contributed by atoms with Gasteiger partial charge >= 0.3 is 0 Å². The van der Waals surface area contributed by atoms with Crippen LogP contribution in [0.4, 0.5) is 0 Å². The van der Waals surface area contributed by atoms with Gasteiger partial charge in [-0.3, -0.25) is 5.84 Å². The molecule has 16 heavy (non-hydrogen) atoms. The van der Waals surface area contributed by atoms with Gasteiger partial charge in [-0.15, -0.1) is 0 Å². The second-order valence-corrected chi connectivity index (χ2v) is 3.83. The van der Waals surface area contributed by atoms with Crippen LogP contribution >= 0.6 is 0 Å². The third-order valence-electron chi connectivity index (χ3n) is 2.67. The molecule has 0 radical (unpaired) electrons. The van der Waals surface area contributed by atoms with Crippen molar-refractivity contribution in [3.63, 3.8) is 0 Å². The molecule has 0 saturated heterocycles. The Morgan fingerprint density at radius 3 is 2.56 bits per heavy atom. The van der Waals surface area contributed by atoms with Crippen LogP contribution in [0.2, 0.25) is 0 Å². The molecule has 3 N–H and O–H groups in total. The van der Waals surface area contributed by atoms with Crippen molar-refractivity contribution in [2.24, 2.45) is 5.84 Å². The second kappa shape index (κ2) is 6.60. The lowest BCUT2D eigenvalue weighted by Gasteiger charge is -2.28. The molecule has 4 heteroatoms. The molecule has 0 spiro atoms. The third kappa shape index (κ3) is 3.57. The van der Waals surface area contributed by atoms with Gasteiger partial charge in [0, 0.05) is 13.7 Å². The fourth-order valence-electron chi connectivity index (χ4n) is 1.51. The summed E-state index contributed by atoms with van der Waals surface area (Å²) in [6.07, 6.45) is -0.581. The quantitative estimate of drug-likeness (QED) is 0.557. The van der Waals surface area contributed by atoms with Crippen molar-refractivity contribution >= 4 is 0 Å². The molecule has 1 aromatic carbocycles. The van der Waals surface area contributed by atoms with Crippen molar-refractivity contribution in [2.45, 2.75) is 19.1 Å². The number of hydrogen-bond acceptors (Lipinski definition) is 4. The van der Waals surface area contributed by atoms with Crippen LogP contribution in [0.3, 0.4) is 0 Å². The van der Waals surface area contributed by atoms with Crippen LogP contribution in [0.25, 0.3) is 0 Å². The maximum Gasteiger partial charge on any atom is 0.0956 e. The first-order valence-corrected chi connectivity index (χ1v) is 5.40. The zero-order valence-electron chi connectivity index (χ0n) is 9.84. The molecular weight excluding hydrogens is 204 g/mol. The van der Waals surface area contributed by atoms with Crippen LogP contribution in [-0.4, -0.2) is 36.4 Å². The predicted molar refractivity (Wildman–Crippen MR) is 63.6 cm³/mol. The van der Waals surface area contributed by atoms with Gasteiger partial charge in [0.15, 0.2) is 0 Å². The lowest BCUT2D eigenvalue weighted by molar-refractivity contribution is 0.0414. The topological polar surface area (TPSA) is 58.7 Å². The normalized spacial score (nSPS) is 15.1. The number of hydrazine groups is 1. The van der Waals surface area contributed by atoms with Gasteiger partial charge in [-0.25, -0.2) is 5.01 Å². The zero-order valence-corrected chi connectivity index (χ0v) is 9.84. The van der Waals surface area contributed by atoms with E-state index in [0.717, 1.165) is 5.56 Å². The Labute approximate surface area is 96.6 Å². The average molecular weight is 224 g/mol. The van der Waals surface area contributed by atoms with Crippen molar-refractivity contribution in [3.05, 3.63) is 35.9 Å². The van der Waals surface area contributed by atoms with Gasteiger partial charge in [-0.05, 0) is 12.5 Å². The van der Waals surface area contributed by atoms with Crippen LogP contribution in [0.1, 0.15) is 18.6 Å². The highest BCUT2D eigenvalue weighted by atomic mass is 16.5. The highest BCUT2D eigenvalue weighted by Gasteiger charge is 2.20. The molecule has 0 heterocycles. The average Bonchev–Trinajstić information content (AvgIpc) is 2.35. The van der Waals surface area contributed by atoms with Crippen molar-refractivity contribution in [2.75, 3.05) is 20.3 Å². The SMILES string of the molecule is COCCN(N)[C@@H](C)[C@H](O)c1ccccc1. The summed E-state index contributed by atoms with van der Waals surface area (Å²) in [5, 5.41) is 11.7. The monoisotopic (exact) mass is 224 g/mol. The maximum atomic E-state index is 10.1. The molecule has 0 aliphatic carbocycles. The summed E-state index contributed by atoms with van der Waals surface area (Å²) in [7, 11) is 1.63. The summed E-state index contributed by atoms with van der Waals surface area (Å²) in [6.45, 7) is 3.05. The van der Waals surface area contributed by atoms with Crippen molar-refractivity contribution < 1.29 is 9.84 Å². The van der Waals surface area contributed by atoms with Gasteiger partial charge < -0.3 is 9.84 Å². The number of aliphatic hydroxyl groups is 1. The predicted octanol–water partition coefficient (Wildman–Crippen LogP) is 0.931. The fraction of sp³-hybridized carbons (Fsp3) is 0.500. The Kier molecular flexibility index (Phi) is 5.42. The Hall–Kier alpha value is -0.940. The first kappa shape index (κ1) is 13.1. The van der Waals surface area contributed by atoms with Crippen LogP contribution in [0.15, 0.2) is 30.3 Å². The van der Waals surface area contributed by atoms with Crippen molar-refractivity contribution in [3.8, 4) is 0 Å². The smallest absolute Gasteiger partial charge is 0.0956 e. The van der Waals surface area contributed by atoms with Gasteiger partial charge in [-0.2, -0.15) is 0 Å². The minimum absolute atomic E-state index is 0.141. The summed E-state index contributed by atoms with van der Waals surface area (Å²) in [4.78, 5) is 0. The van der Waals surface area contributed by atoms with E-state index in [4.69, 9.17) is 10.6 Å². The highest BCUT2D eigenvalue weighted by molar-refractivity contribution is 5.18. The number of aliphatic hydroxyl groups excluding tert-OH is 1. The van der Waals surface area contributed by atoms with Gasteiger partial charge in [-0.1, -0.05) is 30.3 Å². The number of rotatable bonds is 6. The number of hydrogen-bond donors (Lipinski definition) is 2. The minimum Gasteiger partial charge on any atom is -0.387 e. The number of ether oxygens (including phenoxy) is 1. The summed E-state index contributed by atoms with van der Waals surface area (Å²) < 4.78 is 4.94. The van der Waals surface area contributed by atoms with E-state index in [0.29, 0.717) is 13.2 Å². The lowest BCUT2D eigenvalue weighted by atomic mass is 10.0. The van der Waals surface area contributed by atoms with E-state index < -0.39 is 6.10 Å². The largest absolute Gasteiger partial charge is 0.387 e.